The van der Waals surface area contributed by atoms with Crippen LogP contribution in [0.15, 0.2) is 36.0 Å². The number of pyridine rings is 1. The van der Waals surface area contributed by atoms with Crippen molar-refractivity contribution in [1.29, 1.82) is 0 Å². The number of thiazole rings is 1. The fourth-order valence-corrected chi connectivity index (χ4v) is 3.34. The zero-order valence-electron chi connectivity index (χ0n) is 14.9. The van der Waals surface area contributed by atoms with Crippen LogP contribution in [0.5, 0.6) is 0 Å². The zero-order chi connectivity index (χ0) is 18.2. The Kier molecular flexibility index (Phi) is 7.78. The Bertz CT molecular complexity index is 673. The summed E-state index contributed by atoms with van der Waals surface area (Å²) in [5.41, 5.74) is 0.853. The minimum Gasteiger partial charge on any atom is -0.351 e. The van der Waals surface area contributed by atoms with Crippen LogP contribution in [-0.4, -0.2) is 44.8 Å². The Balaban J connectivity index is 0.000000400. The van der Waals surface area contributed by atoms with E-state index in [1.807, 2.05) is 51.4 Å². The molecule has 2 rings (SSSR count). The molecule has 0 radical (unpaired) electrons. The lowest BCUT2D eigenvalue weighted by Gasteiger charge is -2.30. The molecule has 0 aromatic carbocycles. The second-order valence-corrected chi connectivity index (χ2v) is 9.08. The standard InChI is InChI=1S/C11H21N3O2S2.C5H5N/c1-9-6-17-10(13-9)14(4)8-11(2,3)7-12-18(5,15)16;1-2-4-6-5-3-1/h6,12H,7-8H2,1-5H3;1-5H. The van der Waals surface area contributed by atoms with Crippen LogP contribution in [-0.2, 0) is 10.0 Å². The first-order valence-corrected chi connectivity index (χ1v) is 10.3. The number of nitrogens with one attached hydrogen (secondary N) is 1. The van der Waals surface area contributed by atoms with Gasteiger partial charge in [-0.2, -0.15) is 0 Å². The normalized spacial score (nSPS) is 11.5. The Morgan fingerprint density at radius 3 is 2.25 bits per heavy atom. The molecule has 0 aliphatic rings. The van der Waals surface area contributed by atoms with Crippen molar-refractivity contribution in [1.82, 2.24) is 14.7 Å². The molecule has 8 heteroatoms. The minimum atomic E-state index is -3.14. The first-order valence-electron chi connectivity index (χ1n) is 7.52. The molecule has 0 bridgehead atoms. The van der Waals surface area contributed by atoms with Crippen molar-refractivity contribution in [3.63, 3.8) is 0 Å². The maximum atomic E-state index is 11.1. The molecule has 2 aromatic heterocycles. The van der Waals surface area contributed by atoms with Crippen molar-refractivity contribution in [3.8, 4) is 0 Å². The fourth-order valence-electron chi connectivity index (χ4n) is 1.92. The van der Waals surface area contributed by atoms with Crippen LogP contribution in [0.2, 0.25) is 0 Å². The Hall–Kier alpha value is -1.51. The molecule has 1 N–H and O–H groups in total. The lowest BCUT2D eigenvalue weighted by atomic mass is 9.93. The SMILES string of the molecule is Cc1csc(N(C)CC(C)(C)CNS(C)(=O)=O)n1.c1ccncc1. The van der Waals surface area contributed by atoms with Crippen LogP contribution in [0.1, 0.15) is 19.5 Å². The van der Waals surface area contributed by atoms with E-state index in [1.54, 1.807) is 23.7 Å². The fraction of sp³-hybridized carbons (Fsp3) is 0.500. The van der Waals surface area contributed by atoms with Gasteiger partial charge in [-0.3, -0.25) is 4.98 Å². The predicted molar refractivity (Wildman–Crippen MR) is 101 cm³/mol. The molecule has 0 unspecified atom stereocenters. The zero-order valence-corrected chi connectivity index (χ0v) is 16.5. The van der Waals surface area contributed by atoms with E-state index in [1.165, 1.54) is 6.26 Å². The lowest BCUT2D eigenvalue weighted by Crippen LogP contribution is -2.40. The summed E-state index contributed by atoms with van der Waals surface area (Å²) in [4.78, 5) is 10.3. The van der Waals surface area contributed by atoms with Gasteiger partial charge in [0.1, 0.15) is 0 Å². The molecule has 0 amide bonds. The first-order chi connectivity index (χ1) is 11.1. The average molecular weight is 371 g/mol. The summed E-state index contributed by atoms with van der Waals surface area (Å²) in [5.74, 6) is 0. The third kappa shape index (κ3) is 8.95. The van der Waals surface area contributed by atoms with E-state index < -0.39 is 10.0 Å². The van der Waals surface area contributed by atoms with E-state index in [2.05, 4.69) is 19.6 Å². The number of hydrogen-bond donors (Lipinski definition) is 1. The van der Waals surface area contributed by atoms with Gasteiger partial charge in [-0.05, 0) is 24.5 Å². The van der Waals surface area contributed by atoms with Crippen molar-refractivity contribution in [3.05, 3.63) is 41.7 Å². The molecule has 0 spiro atoms. The number of aromatic nitrogens is 2. The van der Waals surface area contributed by atoms with Crippen LogP contribution in [0.3, 0.4) is 0 Å². The first kappa shape index (κ1) is 20.5. The summed E-state index contributed by atoms with van der Waals surface area (Å²) in [7, 11) is -1.16. The smallest absolute Gasteiger partial charge is 0.208 e. The summed E-state index contributed by atoms with van der Waals surface area (Å²) in [5, 5.41) is 2.97. The molecule has 24 heavy (non-hydrogen) atoms. The quantitative estimate of drug-likeness (QED) is 0.846. The number of aryl methyl sites for hydroxylation is 1. The third-order valence-electron chi connectivity index (χ3n) is 2.98. The van der Waals surface area contributed by atoms with Crippen molar-refractivity contribution in [2.45, 2.75) is 20.8 Å². The predicted octanol–water partition coefficient (Wildman–Crippen LogP) is 2.54. The molecule has 0 aliphatic heterocycles. The summed E-state index contributed by atoms with van der Waals surface area (Å²) in [6, 6.07) is 5.72. The minimum absolute atomic E-state index is 0.155. The molecule has 0 atom stereocenters. The van der Waals surface area contributed by atoms with Gasteiger partial charge in [0, 0.05) is 37.9 Å². The van der Waals surface area contributed by atoms with Gasteiger partial charge in [0.05, 0.1) is 11.9 Å². The van der Waals surface area contributed by atoms with Gasteiger partial charge in [0.25, 0.3) is 0 Å². The van der Waals surface area contributed by atoms with Gasteiger partial charge < -0.3 is 4.90 Å². The monoisotopic (exact) mass is 370 g/mol. The van der Waals surface area contributed by atoms with E-state index in [4.69, 9.17) is 0 Å². The van der Waals surface area contributed by atoms with Crippen LogP contribution < -0.4 is 9.62 Å². The van der Waals surface area contributed by atoms with Gasteiger partial charge in [0.15, 0.2) is 5.13 Å². The Labute approximate surface area is 149 Å². The van der Waals surface area contributed by atoms with E-state index in [9.17, 15) is 8.42 Å². The highest BCUT2D eigenvalue weighted by molar-refractivity contribution is 7.88. The van der Waals surface area contributed by atoms with Gasteiger partial charge in [0.2, 0.25) is 10.0 Å². The van der Waals surface area contributed by atoms with Crippen molar-refractivity contribution >= 4 is 26.5 Å². The molecule has 0 saturated carbocycles. The van der Waals surface area contributed by atoms with Crippen molar-refractivity contribution in [2.24, 2.45) is 5.41 Å². The van der Waals surface area contributed by atoms with Crippen LogP contribution >= 0.6 is 11.3 Å². The molecule has 6 nitrogen and oxygen atoms in total. The van der Waals surface area contributed by atoms with Crippen molar-refractivity contribution < 1.29 is 8.42 Å². The van der Waals surface area contributed by atoms with Crippen molar-refractivity contribution in [2.75, 3.05) is 31.3 Å². The molecule has 134 valence electrons. The van der Waals surface area contributed by atoms with E-state index in [0.29, 0.717) is 6.54 Å². The number of sulfonamides is 1. The third-order valence-corrected chi connectivity index (χ3v) is 4.72. The molecule has 0 fully saturated rings. The number of hydrogen-bond acceptors (Lipinski definition) is 6. The Morgan fingerprint density at radius 2 is 1.88 bits per heavy atom. The number of anilines is 1. The van der Waals surface area contributed by atoms with Gasteiger partial charge in [-0.25, -0.2) is 18.1 Å². The topological polar surface area (TPSA) is 75.2 Å². The average Bonchev–Trinajstić information content (AvgIpc) is 2.94. The van der Waals surface area contributed by atoms with E-state index in [0.717, 1.165) is 17.4 Å². The largest absolute Gasteiger partial charge is 0.351 e. The summed E-state index contributed by atoms with van der Waals surface area (Å²) in [6.07, 6.45) is 4.68. The number of nitrogens with zero attached hydrogens (tertiary/aromatic N) is 3. The molecular weight excluding hydrogens is 344 g/mol. The highest BCUT2D eigenvalue weighted by Crippen LogP contribution is 2.23. The van der Waals surface area contributed by atoms with E-state index in [-0.39, 0.29) is 5.41 Å². The van der Waals surface area contributed by atoms with Crippen LogP contribution in [0.4, 0.5) is 5.13 Å². The van der Waals surface area contributed by atoms with Gasteiger partial charge >= 0.3 is 0 Å². The molecule has 0 aliphatic carbocycles. The van der Waals surface area contributed by atoms with Crippen LogP contribution in [0, 0.1) is 12.3 Å². The lowest BCUT2D eigenvalue weighted by molar-refractivity contribution is 0.369. The summed E-state index contributed by atoms with van der Waals surface area (Å²) in [6.45, 7) is 7.18. The second kappa shape index (κ2) is 9.10. The van der Waals surface area contributed by atoms with Gasteiger partial charge in [-0.1, -0.05) is 19.9 Å². The van der Waals surface area contributed by atoms with Crippen LogP contribution in [0.25, 0.3) is 0 Å². The molecule has 0 saturated heterocycles. The molecule has 2 heterocycles. The van der Waals surface area contributed by atoms with Gasteiger partial charge in [-0.15, -0.1) is 11.3 Å². The summed E-state index contributed by atoms with van der Waals surface area (Å²) >= 11 is 1.60. The van der Waals surface area contributed by atoms with E-state index >= 15 is 0 Å². The maximum absolute atomic E-state index is 11.1. The second-order valence-electron chi connectivity index (χ2n) is 6.41. The number of rotatable bonds is 6. The highest BCUT2D eigenvalue weighted by atomic mass is 32.2. The summed E-state index contributed by atoms with van der Waals surface area (Å²) < 4.78 is 24.8. The highest BCUT2D eigenvalue weighted by Gasteiger charge is 2.22. The maximum Gasteiger partial charge on any atom is 0.208 e. The molecule has 2 aromatic rings. The molecular formula is C16H26N4O2S2. The Morgan fingerprint density at radius 1 is 1.25 bits per heavy atom.